The summed E-state index contributed by atoms with van der Waals surface area (Å²) < 4.78 is 48.0. The Labute approximate surface area is 157 Å². The minimum Gasteiger partial charge on any atom is -0.228 e. The Kier molecular flexibility index (Phi) is 6.53. The number of aryl methyl sites for hydroxylation is 1. The van der Waals surface area contributed by atoms with Crippen molar-refractivity contribution in [3.8, 4) is 11.2 Å². The van der Waals surface area contributed by atoms with Gasteiger partial charge in [-0.3, -0.25) is 0 Å². The van der Waals surface area contributed by atoms with Crippen molar-refractivity contribution in [2.75, 3.05) is 10.8 Å². The molecule has 0 heterocycles. The third-order valence-electron chi connectivity index (χ3n) is 3.14. The number of hydrogen-bond acceptors (Lipinski definition) is 4. The van der Waals surface area contributed by atoms with Gasteiger partial charge in [-0.25, -0.2) is 16.8 Å². The van der Waals surface area contributed by atoms with Crippen LogP contribution in [0.3, 0.4) is 0 Å². The van der Waals surface area contributed by atoms with Gasteiger partial charge in [0.25, 0.3) is 0 Å². The second kappa shape index (κ2) is 8.24. The van der Waals surface area contributed by atoms with Gasteiger partial charge in [0.2, 0.25) is 9.84 Å². The first-order valence-electron chi connectivity index (χ1n) is 7.11. The second-order valence-corrected chi connectivity index (χ2v) is 10.4. The van der Waals surface area contributed by atoms with E-state index in [0.717, 1.165) is 5.56 Å². The van der Waals surface area contributed by atoms with Crippen molar-refractivity contribution in [2.45, 2.75) is 6.42 Å². The Morgan fingerprint density at radius 3 is 1.88 bits per heavy atom. The first-order valence-corrected chi connectivity index (χ1v) is 11.3. The lowest BCUT2D eigenvalue weighted by molar-refractivity contribution is 0.593. The van der Waals surface area contributed by atoms with Crippen LogP contribution in [0.25, 0.3) is 0 Å². The molecule has 0 aromatic heterocycles. The molecule has 0 amide bonds. The monoisotopic (exact) mass is 416 g/mol. The molecule has 2 aromatic carbocycles. The summed E-state index contributed by atoms with van der Waals surface area (Å²) in [6.07, 6.45) is 0.208. The van der Waals surface area contributed by atoms with E-state index in [2.05, 4.69) is 5.92 Å². The van der Waals surface area contributed by atoms with Gasteiger partial charge in [0.15, 0.2) is 14.9 Å². The van der Waals surface area contributed by atoms with Crippen LogP contribution in [0.15, 0.2) is 48.5 Å². The fourth-order valence-electron chi connectivity index (χ4n) is 1.92. The largest absolute Gasteiger partial charge is 0.231 e. The normalized spacial score (nSPS) is 11.6. The lowest BCUT2D eigenvalue weighted by atomic mass is 10.2. The maximum absolute atomic E-state index is 12.1. The van der Waals surface area contributed by atoms with Gasteiger partial charge in [-0.2, -0.15) is 0 Å². The summed E-state index contributed by atoms with van der Waals surface area (Å²) in [6.45, 7) is 0. The number of benzene rings is 2. The summed E-state index contributed by atoms with van der Waals surface area (Å²) in [5.41, 5.74) is 1.20. The van der Waals surface area contributed by atoms with Crippen molar-refractivity contribution in [3.63, 3.8) is 0 Å². The molecule has 0 N–H and O–H groups in total. The third kappa shape index (κ3) is 7.09. The van der Waals surface area contributed by atoms with Crippen molar-refractivity contribution >= 4 is 42.9 Å². The number of sulfone groups is 2. The smallest absolute Gasteiger partial charge is 0.228 e. The van der Waals surface area contributed by atoms with Gasteiger partial charge in [0, 0.05) is 20.9 Å². The van der Waals surface area contributed by atoms with Gasteiger partial charge < -0.3 is 0 Å². The van der Waals surface area contributed by atoms with Gasteiger partial charge in [0.05, 0.1) is 5.75 Å². The standard InChI is InChI=1S/C17H14Cl2O4S2/c18-16-5-1-14(2-6-16)9-11-24(20,21)13-25(22,23)12-10-15-3-7-17(19)8-4-15/h1-8H,9,11,13H2. The molecule has 0 aliphatic rings. The molecule has 4 nitrogen and oxygen atoms in total. The fraction of sp³-hybridized carbons (Fsp3) is 0.176. The molecule has 0 spiro atoms. The molecule has 25 heavy (non-hydrogen) atoms. The summed E-state index contributed by atoms with van der Waals surface area (Å²) in [5.74, 6) is 2.16. The van der Waals surface area contributed by atoms with Gasteiger partial charge in [0.1, 0.15) is 0 Å². The minimum atomic E-state index is -4.06. The molecule has 2 aromatic rings. The zero-order valence-corrected chi connectivity index (χ0v) is 16.1. The van der Waals surface area contributed by atoms with Crippen molar-refractivity contribution in [2.24, 2.45) is 0 Å². The van der Waals surface area contributed by atoms with Crippen LogP contribution in [0.4, 0.5) is 0 Å². The molecule has 0 saturated carbocycles. The lowest BCUT2D eigenvalue weighted by Gasteiger charge is -2.03. The highest BCUT2D eigenvalue weighted by atomic mass is 35.5. The Balaban J connectivity index is 2.03. The second-order valence-electron chi connectivity index (χ2n) is 5.29. The molecule has 2 rings (SSSR count). The van der Waals surface area contributed by atoms with Crippen LogP contribution < -0.4 is 0 Å². The van der Waals surface area contributed by atoms with E-state index in [-0.39, 0.29) is 12.2 Å². The van der Waals surface area contributed by atoms with Crippen molar-refractivity contribution < 1.29 is 16.8 Å². The molecule has 132 valence electrons. The Morgan fingerprint density at radius 2 is 1.32 bits per heavy atom. The zero-order valence-electron chi connectivity index (χ0n) is 12.9. The van der Waals surface area contributed by atoms with E-state index in [0.29, 0.717) is 15.6 Å². The van der Waals surface area contributed by atoms with Crippen molar-refractivity contribution in [3.05, 3.63) is 69.7 Å². The van der Waals surface area contributed by atoms with Gasteiger partial charge in [-0.15, -0.1) is 0 Å². The highest BCUT2D eigenvalue weighted by Crippen LogP contribution is 2.12. The molecule has 0 bridgehead atoms. The summed E-state index contributed by atoms with van der Waals surface area (Å²) in [7, 11) is -7.87. The predicted octanol–water partition coefficient (Wildman–Crippen LogP) is 3.33. The van der Waals surface area contributed by atoms with Gasteiger partial charge in [-0.05, 0) is 54.3 Å². The van der Waals surface area contributed by atoms with E-state index in [4.69, 9.17) is 23.2 Å². The number of hydrogen-bond donors (Lipinski definition) is 0. The molecule has 0 unspecified atom stereocenters. The molecule has 0 aliphatic carbocycles. The van der Waals surface area contributed by atoms with E-state index in [1.165, 1.54) is 0 Å². The first-order chi connectivity index (χ1) is 11.7. The molecule has 0 aliphatic heterocycles. The summed E-state index contributed by atoms with van der Waals surface area (Å²) in [5, 5.41) is 2.08. The molecule has 0 radical (unpaired) electrons. The van der Waals surface area contributed by atoms with Crippen molar-refractivity contribution in [1.29, 1.82) is 0 Å². The molecule has 0 saturated heterocycles. The summed E-state index contributed by atoms with van der Waals surface area (Å²) in [4.78, 5) is 0. The maximum atomic E-state index is 12.1. The van der Waals surface area contributed by atoms with Crippen LogP contribution in [0.5, 0.6) is 0 Å². The Morgan fingerprint density at radius 1 is 0.800 bits per heavy atom. The average molecular weight is 417 g/mol. The molecular weight excluding hydrogens is 403 g/mol. The zero-order chi connectivity index (χ0) is 18.5. The van der Waals surface area contributed by atoms with E-state index in [1.807, 2.05) is 5.25 Å². The minimum absolute atomic E-state index is 0.208. The quantitative estimate of drug-likeness (QED) is 0.700. The van der Waals surface area contributed by atoms with Crippen LogP contribution in [-0.2, 0) is 26.1 Å². The first kappa shape index (κ1) is 19.8. The third-order valence-corrected chi connectivity index (χ3v) is 7.57. The summed E-state index contributed by atoms with van der Waals surface area (Å²) >= 11 is 11.5. The van der Waals surface area contributed by atoms with Crippen LogP contribution in [0, 0.1) is 11.2 Å². The lowest BCUT2D eigenvalue weighted by Crippen LogP contribution is -2.19. The highest BCUT2D eigenvalue weighted by Gasteiger charge is 2.20. The van der Waals surface area contributed by atoms with E-state index in [9.17, 15) is 16.8 Å². The molecule has 0 fully saturated rings. The van der Waals surface area contributed by atoms with Crippen molar-refractivity contribution in [1.82, 2.24) is 0 Å². The van der Waals surface area contributed by atoms with Crippen LogP contribution in [0.2, 0.25) is 10.0 Å². The number of rotatable bonds is 5. The topological polar surface area (TPSA) is 68.3 Å². The average Bonchev–Trinajstić information content (AvgIpc) is 2.53. The molecular formula is C17H14Cl2O4S2. The Bertz CT molecular complexity index is 999. The molecule has 8 heteroatoms. The van der Waals surface area contributed by atoms with Gasteiger partial charge >= 0.3 is 0 Å². The highest BCUT2D eigenvalue weighted by molar-refractivity contribution is 8.10. The van der Waals surface area contributed by atoms with Crippen LogP contribution >= 0.6 is 23.2 Å². The van der Waals surface area contributed by atoms with E-state index >= 15 is 0 Å². The SMILES string of the molecule is O=S(=O)(C#Cc1ccc(Cl)cc1)CS(=O)(=O)CCc1ccc(Cl)cc1. The fourth-order valence-corrected chi connectivity index (χ4v) is 5.59. The molecule has 0 atom stereocenters. The van der Waals surface area contributed by atoms with E-state index < -0.39 is 24.8 Å². The maximum Gasteiger partial charge on any atom is 0.231 e. The van der Waals surface area contributed by atoms with Gasteiger partial charge in [-0.1, -0.05) is 35.3 Å². The Hall–Kier alpha value is -1.52. The summed E-state index contributed by atoms with van der Waals surface area (Å²) in [6, 6.07) is 13.0. The predicted molar refractivity (Wildman–Crippen MR) is 101 cm³/mol. The van der Waals surface area contributed by atoms with Crippen LogP contribution in [-0.4, -0.2) is 27.7 Å². The van der Waals surface area contributed by atoms with E-state index in [1.54, 1.807) is 48.5 Å². The number of halogens is 2. The van der Waals surface area contributed by atoms with Crippen LogP contribution in [0.1, 0.15) is 11.1 Å².